The molecule has 0 aliphatic carbocycles. The van der Waals surface area contributed by atoms with Gasteiger partial charge in [0.1, 0.15) is 17.3 Å². The molecule has 0 unspecified atom stereocenters. The second-order valence-electron chi connectivity index (χ2n) is 11.2. The number of carbonyl (C=O) groups is 1. The maximum absolute atomic E-state index is 14.8. The largest absolute Gasteiger partial charge is 0.543 e. The molecule has 37 heavy (non-hydrogen) atoms. The first-order valence-corrected chi connectivity index (χ1v) is 15.9. The van der Waals surface area contributed by atoms with E-state index in [9.17, 15) is 14.3 Å². The highest BCUT2D eigenvalue weighted by Gasteiger charge is 2.47. The van der Waals surface area contributed by atoms with Crippen LogP contribution < -0.4 is 4.43 Å². The SMILES string of the molecule is CC(C)[Si](Oc1cc(O)c2c(CCCOOC(=O)N3CCCCCC3)c(F)ccc2c1)(C(C)C)C(C)C. The van der Waals surface area contributed by atoms with E-state index in [1.54, 1.807) is 17.0 Å². The molecule has 2 aromatic carbocycles. The zero-order chi connectivity index (χ0) is 27.2. The molecule has 1 saturated heterocycles. The number of hydrogen-bond donors (Lipinski definition) is 1. The predicted molar refractivity (Wildman–Crippen MR) is 148 cm³/mol. The Morgan fingerprint density at radius 1 is 1.00 bits per heavy atom. The van der Waals surface area contributed by atoms with E-state index in [1.807, 2.05) is 6.07 Å². The fourth-order valence-corrected chi connectivity index (χ4v) is 11.3. The molecule has 1 fully saturated rings. The van der Waals surface area contributed by atoms with Crippen molar-refractivity contribution in [3.63, 3.8) is 0 Å². The maximum Gasteiger partial charge on any atom is 0.441 e. The summed E-state index contributed by atoms with van der Waals surface area (Å²) in [6, 6.07) is 6.65. The van der Waals surface area contributed by atoms with E-state index in [-0.39, 0.29) is 18.2 Å². The molecule has 0 saturated carbocycles. The maximum atomic E-state index is 14.8. The van der Waals surface area contributed by atoms with E-state index in [1.165, 1.54) is 6.07 Å². The fourth-order valence-electron chi connectivity index (χ4n) is 6.03. The van der Waals surface area contributed by atoms with Crippen molar-refractivity contribution in [2.45, 2.75) is 96.7 Å². The van der Waals surface area contributed by atoms with Gasteiger partial charge in [-0.3, -0.25) is 4.89 Å². The highest BCUT2D eigenvalue weighted by atomic mass is 28.4. The van der Waals surface area contributed by atoms with Gasteiger partial charge in [0.2, 0.25) is 0 Å². The van der Waals surface area contributed by atoms with E-state index in [4.69, 9.17) is 14.2 Å². The summed E-state index contributed by atoms with van der Waals surface area (Å²) >= 11 is 0. The smallest absolute Gasteiger partial charge is 0.441 e. The van der Waals surface area contributed by atoms with Crippen LogP contribution in [0.2, 0.25) is 16.6 Å². The third-order valence-corrected chi connectivity index (χ3v) is 13.8. The molecule has 0 atom stereocenters. The van der Waals surface area contributed by atoms with Crippen LogP contribution in [0.5, 0.6) is 11.5 Å². The van der Waals surface area contributed by atoms with Crippen LogP contribution in [0.3, 0.4) is 0 Å². The average molecular weight is 534 g/mol. The molecule has 0 aromatic heterocycles. The molecule has 0 spiro atoms. The molecule has 2 aromatic rings. The second-order valence-corrected chi connectivity index (χ2v) is 16.5. The Balaban J connectivity index is 1.70. The van der Waals surface area contributed by atoms with E-state index in [0.717, 1.165) is 31.1 Å². The van der Waals surface area contributed by atoms with Gasteiger partial charge in [-0.25, -0.2) is 9.18 Å². The van der Waals surface area contributed by atoms with Crippen LogP contribution in [0.4, 0.5) is 9.18 Å². The number of aromatic hydroxyl groups is 1. The Morgan fingerprint density at radius 3 is 2.22 bits per heavy atom. The molecule has 206 valence electrons. The van der Waals surface area contributed by atoms with Crippen LogP contribution in [-0.4, -0.2) is 44.1 Å². The Bertz CT molecular complexity index is 1030. The molecule has 1 N–H and O–H groups in total. The number of rotatable bonds is 10. The summed E-state index contributed by atoms with van der Waals surface area (Å²) in [5, 5.41) is 12.2. The van der Waals surface area contributed by atoms with Crippen molar-refractivity contribution in [1.29, 1.82) is 0 Å². The zero-order valence-corrected chi connectivity index (χ0v) is 24.3. The summed E-state index contributed by atoms with van der Waals surface area (Å²) < 4.78 is 21.6. The highest BCUT2D eigenvalue weighted by molar-refractivity contribution is 6.78. The van der Waals surface area contributed by atoms with E-state index < -0.39 is 14.4 Å². The van der Waals surface area contributed by atoms with Crippen LogP contribution in [0.25, 0.3) is 10.8 Å². The molecular weight excluding hydrogens is 489 g/mol. The molecule has 1 aliphatic heterocycles. The van der Waals surface area contributed by atoms with Crippen LogP contribution in [0.1, 0.15) is 79.2 Å². The standard InChI is InChI=1S/C29H44FNO5Si/c1-20(2)37(21(3)4,22(5)6)36-24-18-23-13-14-26(30)25(28(23)27(32)19-24)12-11-17-34-35-29(33)31-15-9-7-8-10-16-31/h13-14,18-22,32H,7-12,15-17H2,1-6H3. The predicted octanol–water partition coefficient (Wildman–Crippen LogP) is 8.12. The number of amides is 1. The van der Waals surface area contributed by atoms with Crippen molar-refractivity contribution in [2.75, 3.05) is 19.7 Å². The minimum absolute atomic E-state index is 0.00896. The number of carbonyl (C=O) groups excluding carboxylic acids is 1. The molecule has 1 heterocycles. The molecule has 3 rings (SSSR count). The van der Waals surface area contributed by atoms with Crippen molar-refractivity contribution >= 4 is 25.2 Å². The summed E-state index contributed by atoms with van der Waals surface area (Å²) in [6.45, 7) is 14.8. The van der Waals surface area contributed by atoms with Gasteiger partial charge < -0.3 is 14.4 Å². The number of benzene rings is 2. The minimum Gasteiger partial charge on any atom is -0.543 e. The zero-order valence-electron chi connectivity index (χ0n) is 23.3. The van der Waals surface area contributed by atoms with E-state index in [0.29, 0.717) is 59.3 Å². The topological polar surface area (TPSA) is 68.2 Å². The van der Waals surface area contributed by atoms with Crippen LogP contribution in [-0.2, 0) is 16.2 Å². The molecule has 6 nitrogen and oxygen atoms in total. The Morgan fingerprint density at radius 2 is 1.62 bits per heavy atom. The quantitative estimate of drug-likeness (QED) is 0.145. The molecular formula is C29H44FNO5Si. The Labute approximate surface area is 222 Å². The lowest BCUT2D eigenvalue weighted by molar-refractivity contribution is -0.246. The second kappa shape index (κ2) is 13.0. The number of hydrogen-bond acceptors (Lipinski definition) is 5. The summed E-state index contributed by atoms with van der Waals surface area (Å²) in [5.74, 6) is 0.261. The summed E-state index contributed by atoms with van der Waals surface area (Å²) in [6.07, 6.45) is 4.50. The molecule has 0 radical (unpaired) electrons. The average Bonchev–Trinajstić information content (AvgIpc) is 3.12. The van der Waals surface area contributed by atoms with Crippen molar-refractivity contribution in [1.82, 2.24) is 4.90 Å². The van der Waals surface area contributed by atoms with Gasteiger partial charge in [0, 0.05) is 24.5 Å². The fraction of sp³-hybridized carbons (Fsp3) is 0.621. The normalized spacial score (nSPS) is 15.0. The molecule has 8 heteroatoms. The van der Waals surface area contributed by atoms with Crippen molar-refractivity contribution in [3.8, 4) is 11.5 Å². The van der Waals surface area contributed by atoms with Crippen molar-refractivity contribution in [2.24, 2.45) is 0 Å². The number of fused-ring (bicyclic) bond motifs is 1. The van der Waals surface area contributed by atoms with Crippen LogP contribution in [0, 0.1) is 5.82 Å². The third kappa shape index (κ3) is 6.76. The van der Waals surface area contributed by atoms with E-state index in [2.05, 4.69) is 41.5 Å². The first-order valence-electron chi connectivity index (χ1n) is 13.8. The Kier molecular flexibility index (Phi) is 10.2. The number of phenols is 1. The van der Waals surface area contributed by atoms with Gasteiger partial charge in [0.25, 0.3) is 8.32 Å². The first kappa shape index (κ1) is 29.2. The van der Waals surface area contributed by atoms with Crippen molar-refractivity contribution in [3.05, 3.63) is 35.6 Å². The highest BCUT2D eigenvalue weighted by Crippen LogP contribution is 2.44. The number of nitrogens with zero attached hydrogens (tertiary/aromatic N) is 1. The van der Waals surface area contributed by atoms with E-state index >= 15 is 0 Å². The lowest BCUT2D eigenvalue weighted by Gasteiger charge is -2.42. The minimum atomic E-state index is -2.20. The lowest BCUT2D eigenvalue weighted by Crippen LogP contribution is -2.50. The number of halogens is 1. The van der Waals surface area contributed by atoms with Gasteiger partial charge in [-0.05, 0) is 65.4 Å². The number of phenolic OH excluding ortho intramolecular Hbond substituents is 1. The summed E-state index contributed by atoms with van der Waals surface area (Å²) in [4.78, 5) is 24.0. The van der Waals surface area contributed by atoms with Gasteiger partial charge in [-0.1, -0.05) is 60.5 Å². The van der Waals surface area contributed by atoms with Gasteiger partial charge >= 0.3 is 6.09 Å². The van der Waals surface area contributed by atoms with Gasteiger partial charge in [-0.15, -0.1) is 0 Å². The lowest BCUT2D eigenvalue weighted by atomic mass is 9.99. The van der Waals surface area contributed by atoms with Gasteiger partial charge in [0.15, 0.2) is 0 Å². The van der Waals surface area contributed by atoms with Crippen molar-refractivity contribution < 1.29 is 28.5 Å². The number of likely N-dealkylation sites (tertiary alicyclic amines) is 1. The van der Waals surface area contributed by atoms with Gasteiger partial charge in [0.05, 0.1) is 6.61 Å². The first-order chi connectivity index (χ1) is 17.6. The molecule has 1 amide bonds. The summed E-state index contributed by atoms with van der Waals surface area (Å²) in [5.41, 5.74) is 1.59. The monoisotopic (exact) mass is 533 g/mol. The third-order valence-electron chi connectivity index (χ3n) is 7.77. The molecule has 0 bridgehead atoms. The Hall–Kier alpha value is -2.32. The summed E-state index contributed by atoms with van der Waals surface area (Å²) in [7, 11) is -2.20. The van der Waals surface area contributed by atoms with Crippen LogP contribution >= 0.6 is 0 Å². The number of aryl methyl sites for hydroxylation is 1. The van der Waals surface area contributed by atoms with Crippen LogP contribution in [0.15, 0.2) is 24.3 Å². The van der Waals surface area contributed by atoms with Gasteiger partial charge in [-0.2, -0.15) is 4.89 Å². The molecule has 1 aliphatic rings.